The second-order valence-electron chi connectivity index (χ2n) is 10.2. The number of aromatic amines is 1. The highest BCUT2D eigenvalue weighted by atomic mass is 35.5. The Morgan fingerprint density at radius 2 is 1.95 bits per heavy atom. The molecule has 2 aromatic heterocycles. The lowest BCUT2D eigenvalue weighted by atomic mass is 10.0. The predicted molar refractivity (Wildman–Crippen MR) is 154 cm³/mol. The van der Waals surface area contributed by atoms with Gasteiger partial charge >= 0.3 is 0 Å². The van der Waals surface area contributed by atoms with Crippen molar-refractivity contribution in [3.8, 4) is 0 Å². The standard InChI is InChI=1S/C27H37N5O4.CH4.ClH/c1-18-14-24-22(25-23(26(33)29-24)16-28-32(25)20-6-12-36-13-7-20)15-21(18)27(34)31-10-9-30(19(2)17-31)8-4-5-11-35-3;;/h14-16,19-20H,4-13,17H2,1-3H3,(H,29,33);1H4;1H/t19-;;/m1../s1. The molecule has 0 unspecified atom stereocenters. The van der Waals surface area contributed by atoms with Crippen molar-refractivity contribution in [3.05, 3.63) is 39.8 Å². The zero-order valence-electron chi connectivity index (χ0n) is 22.0. The fraction of sp³-hybridized carbons (Fsp3) is 0.607. The molecule has 2 fully saturated rings. The number of ether oxygens (including phenoxy) is 2. The minimum absolute atomic E-state index is 0. The lowest BCUT2D eigenvalue weighted by Gasteiger charge is -2.40. The minimum Gasteiger partial charge on any atom is -0.385 e. The fourth-order valence-electron chi connectivity index (χ4n) is 5.67. The average Bonchev–Trinajstić information content (AvgIpc) is 3.33. The average molecular weight is 548 g/mol. The largest absolute Gasteiger partial charge is 0.385 e. The van der Waals surface area contributed by atoms with E-state index in [1.54, 1.807) is 13.3 Å². The number of carbonyl (C=O) groups is 1. The number of unbranched alkanes of at least 4 members (excludes halogenated alkanes) is 1. The first kappa shape index (κ1) is 30.1. The third kappa shape index (κ3) is 5.91. The van der Waals surface area contributed by atoms with Crippen LogP contribution in [0.2, 0.25) is 0 Å². The van der Waals surface area contributed by atoms with Crippen LogP contribution in [0.3, 0.4) is 0 Å². The number of H-pyrrole nitrogens is 1. The zero-order valence-corrected chi connectivity index (χ0v) is 22.8. The van der Waals surface area contributed by atoms with Gasteiger partial charge in [0, 0.05) is 63.6 Å². The Bertz CT molecular complexity index is 1300. The number of hydrogen-bond donors (Lipinski definition) is 1. The monoisotopic (exact) mass is 547 g/mol. The summed E-state index contributed by atoms with van der Waals surface area (Å²) >= 11 is 0. The third-order valence-corrected chi connectivity index (χ3v) is 7.77. The molecule has 10 heteroatoms. The molecule has 9 nitrogen and oxygen atoms in total. The molecule has 3 aromatic rings. The molecule has 2 aliphatic heterocycles. The number of nitrogens with zero attached hydrogens (tertiary/aromatic N) is 4. The number of piperazine rings is 1. The van der Waals surface area contributed by atoms with E-state index in [2.05, 4.69) is 21.9 Å². The number of hydrogen-bond acceptors (Lipinski definition) is 6. The Morgan fingerprint density at radius 3 is 2.66 bits per heavy atom. The van der Waals surface area contributed by atoms with Crippen LogP contribution in [0.1, 0.15) is 62.0 Å². The summed E-state index contributed by atoms with van der Waals surface area (Å²) in [4.78, 5) is 34.0. The van der Waals surface area contributed by atoms with Crippen LogP contribution < -0.4 is 5.56 Å². The molecule has 1 amide bonds. The van der Waals surface area contributed by atoms with Crippen LogP contribution in [0.15, 0.2) is 23.1 Å². The van der Waals surface area contributed by atoms with Gasteiger partial charge in [-0.05, 0) is 63.8 Å². The normalized spacial score (nSPS) is 18.9. The first-order chi connectivity index (χ1) is 17.5. The smallest absolute Gasteiger partial charge is 0.259 e. The van der Waals surface area contributed by atoms with E-state index in [0.717, 1.165) is 67.4 Å². The number of amides is 1. The maximum Gasteiger partial charge on any atom is 0.259 e. The van der Waals surface area contributed by atoms with Crippen molar-refractivity contribution in [1.29, 1.82) is 0 Å². The van der Waals surface area contributed by atoms with Gasteiger partial charge in [0.1, 0.15) is 0 Å². The van der Waals surface area contributed by atoms with E-state index in [-0.39, 0.29) is 37.3 Å². The Hall–Kier alpha value is -2.46. The fourth-order valence-corrected chi connectivity index (χ4v) is 5.67. The van der Waals surface area contributed by atoms with Crippen molar-refractivity contribution in [2.24, 2.45) is 0 Å². The molecule has 0 saturated carbocycles. The molecular weight excluding hydrogens is 506 g/mol. The first-order valence-corrected chi connectivity index (χ1v) is 13.1. The van der Waals surface area contributed by atoms with Crippen LogP contribution in [-0.4, -0.2) is 89.6 Å². The van der Waals surface area contributed by atoms with Crippen molar-refractivity contribution in [2.45, 2.75) is 59.0 Å². The van der Waals surface area contributed by atoms with Gasteiger partial charge in [0.2, 0.25) is 0 Å². The number of halogens is 1. The molecule has 38 heavy (non-hydrogen) atoms. The highest BCUT2D eigenvalue weighted by Crippen LogP contribution is 2.30. The van der Waals surface area contributed by atoms with Crippen molar-refractivity contribution < 1.29 is 14.3 Å². The molecule has 0 bridgehead atoms. The number of fused-ring (bicyclic) bond motifs is 3. The molecule has 1 N–H and O–H groups in total. The molecule has 5 rings (SSSR count). The zero-order chi connectivity index (χ0) is 25.2. The molecule has 210 valence electrons. The maximum absolute atomic E-state index is 13.7. The number of methoxy groups -OCH3 is 1. The molecule has 0 spiro atoms. The van der Waals surface area contributed by atoms with E-state index >= 15 is 0 Å². The summed E-state index contributed by atoms with van der Waals surface area (Å²) in [6, 6.07) is 4.38. The van der Waals surface area contributed by atoms with Crippen molar-refractivity contribution in [3.63, 3.8) is 0 Å². The van der Waals surface area contributed by atoms with E-state index in [0.29, 0.717) is 43.3 Å². The Morgan fingerprint density at radius 1 is 1.18 bits per heavy atom. The number of aromatic nitrogens is 3. The number of benzene rings is 1. The Kier molecular flexibility index (Phi) is 10.3. The van der Waals surface area contributed by atoms with Crippen LogP contribution in [0.4, 0.5) is 0 Å². The van der Waals surface area contributed by atoms with Crippen molar-refractivity contribution >= 4 is 40.1 Å². The van der Waals surface area contributed by atoms with Crippen LogP contribution in [0.5, 0.6) is 0 Å². The van der Waals surface area contributed by atoms with E-state index in [9.17, 15) is 9.59 Å². The molecule has 4 heterocycles. The van der Waals surface area contributed by atoms with Gasteiger partial charge in [-0.25, -0.2) is 0 Å². The van der Waals surface area contributed by atoms with Crippen LogP contribution in [0.25, 0.3) is 21.8 Å². The van der Waals surface area contributed by atoms with Gasteiger partial charge in [0.25, 0.3) is 11.5 Å². The van der Waals surface area contributed by atoms with Crippen LogP contribution in [-0.2, 0) is 9.47 Å². The highest BCUT2D eigenvalue weighted by molar-refractivity contribution is 6.07. The molecule has 0 aliphatic carbocycles. The van der Waals surface area contributed by atoms with E-state index < -0.39 is 0 Å². The lowest BCUT2D eigenvalue weighted by Crippen LogP contribution is -2.53. The van der Waals surface area contributed by atoms with E-state index in [1.807, 2.05) is 28.6 Å². The number of aryl methyl sites for hydroxylation is 1. The van der Waals surface area contributed by atoms with Gasteiger partial charge in [-0.3, -0.25) is 19.2 Å². The molecule has 1 aromatic carbocycles. The van der Waals surface area contributed by atoms with Crippen LogP contribution >= 0.6 is 12.4 Å². The van der Waals surface area contributed by atoms with Gasteiger partial charge < -0.3 is 19.4 Å². The predicted octanol–water partition coefficient (Wildman–Crippen LogP) is 4.17. The first-order valence-electron chi connectivity index (χ1n) is 13.1. The summed E-state index contributed by atoms with van der Waals surface area (Å²) in [5.74, 6) is 0.0526. The molecule has 2 aliphatic rings. The second-order valence-corrected chi connectivity index (χ2v) is 10.2. The minimum atomic E-state index is -0.148. The SMILES string of the molecule is C.COCCCCN1CCN(C(=O)c2cc3c(cc2C)[nH]c(=O)c2cnn(C4CCOCC4)c23)C[C@H]1C.Cl. The summed E-state index contributed by atoms with van der Waals surface area (Å²) in [5, 5.41) is 6.03. The summed E-state index contributed by atoms with van der Waals surface area (Å²) < 4.78 is 12.7. The van der Waals surface area contributed by atoms with Crippen LogP contribution in [0, 0.1) is 6.92 Å². The van der Waals surface area contributed by atoms with Gasteiger partial charge in [0.05, 0.1) is 28.7 Å². The molecular formula is C28H42ClN5O4. The number of pyridine rings is 1. The van der Waals surface area contributed by atoms with Gasteiger partial charge in [0.15, 0.2) is 0 Å². The third-order valence-electron chi connectivity index (χ3n) is 7.77. The quantitative estimate of drug-likeness (QED) is 0.446. The Balaban J connectivity index is 0.00000200. The molecule has 1 atom stereocenters. The topological polar surface area (TPSA) is 92.7 Å². The summed E-state index contributed by atoms with van der Waals surface area (Å²) in [5.41, 5.74) is 2.96. The van der Waals surface area contributed by atoms with Gasteiger partial charge in [-0.2, -0.15) is 5.10 Å². The highest BCUT2D eigenvalue weighted by Gasteiger charge is 2.28. The van der Waals surface area contributed by atoms with Gasteiger partial charge in [-0.1, -0.05) is 7.43 Å². The summed E-state index contributed by atoms with van der Waals surface area (Å²) in [6.07, 6.45) is 5.52. The number of carbonyl (C=O) groups excluding carboxylic acids is 1. The molecule has 0 radical (unpaired) electrons. The van der Waals surface area contributed by atoms with Gasteiger partial charge in [-0.15, -0.1) is 12.4 Å². The van der Waals surface area contributed by atoms with E-state index in [4.69, 9.17) is 9.47 Å². The summed E-state index contributed by atoms with van der Waals surface area (Å²) in [7, 11) is 1.74. The maximum atomic E-state index is 13.7. The van der Waals surface area contributed by atoms with Crippen molar-refractivity contribution in [2.75, 3.05) is 53.1 Å². The van der Waals surface area contributed by atoms with Crippen molar-refractivity contribution in [1.82, 2.24) is 24.6 Å². The number of nitrogens with one attached hydrogen (secondary N) is 1. The number of rotatable bonds is 7. The second kappa shape index (κ2) is 13.1. The summed E-state index contributed by atoms with van der Waals surface area (Å²) in [6.45, 7) is 9.64. The molecule has 2 saturated heterocycles. The van der Waals surface area contributed by atoms with E-state index in [1.165, 1.54) is 0 Å². The Labute approximate surface area is 230 Å². The lowest BCUT2D eigenvalue weighted by molar-refractivity contribution is 0.0505.